The molecule has 9 heteroatoms. The van der Waals surface area contributed by atoms with Gasteiger partial charge >= 0.3 is 5.97 Å². The summed E-state index contributed by atoms with van der Waals surface area (Å²) < 4.78 is 0. The molecule has 1 fully saturated rings. The smallest absolute Gasteiger partial charge is 0.307 e. The molecule has 1 aliphatic carbocycles. The fourth-order valence-electron chi connectivity index (χ4n) is 4.79. The minimum atomic E-state index is -1.14. The second kappa shape index (κ2) is 9.05. The van der Waals surface area contributed by atoms with Gasteiger partial charge in [0.05, 0.1) is 22.6 Å². The van der Waals surface area contributed by atoms with Crippen LogP contribution in [0.5, 0.6) is 0 Å². The lowest BCUT2D eigenvalue weighted by Crippen LogP contribution is -2.44. The lowest BCUT2D eigenvalue weighted by atomic mass is 9.63. The number of nitrogens with one attached hydrogen (secondary N) is 1. The second-order valence-electron chi connectivity index (χ2n) is 9.85. The van der Waals surface area contributed by atoms with Gasteiger partial charge in [0.2, 0.25) is 5.95 Å². The molecule has 1 aromatic carbocycles. The minimum Gasteiger partial charge on any atom is -0.481 e. The molecule has 0 radical (unpaired) electrons. The third-order valence-electron chi connectivity index (χ3n) is 6.46. The van der Waals surface area contributed by atoms with Crippen molar-refractivity contribution in [2.75, 3.05) is 5.32 Å². The molecule has 1 aliphatic rings. The molecule has 2 aromatic heterocycles. The number of aliphatic carboxylic acids is 1. The number of carbonyl (C=O) groups is 1. The van der Waals surface area contributed by atoms with E-state index in [2.05, 4.69) is 20.3 Å². The standard InChI is InChI=1S/C25H30N4O4S/c1-14-9-16(11-17(10-14)28-23-26-8-6-19(29-23)15(2)30)20-12-27-22(34-20)25(33)7-5-18(21(31)32)24(3,4)13-25/h6,8-12,15,18,30,33H,5,7,13H2,1-4H3,(H,31,32)(H,26,28,29)/t15-,18+,25+/m0/s1. The van der Waals surface area contributed by atoms with Gasteiger partial charge in [0, 0.05) is 18.1 Å². The van der Waals surface area contributed by atoms with Crippen LogP contribution in [0, 0.1) is 18.3 Å². The zero-order valence-corrected chi connectivity index (χ0v) is 20.6. The molecule has 3 aromatic rings. The Balaban J connectivity index is 1.59. The monoisotopic (exact) mass is 482 g/mol. The van der Waals surface area contributed by atoms with E-state index in [9.17, 15) is 20.1 Å². The molecule has 0 spiro atoms. The fourth-order valence-corrected chi connectivity index (χ4v) is 5.81. The molecule has 3 atom stereocenters. The van der Waals surface area contributed by atoms with Crippen molar-refractivity contribution in [3.63, 3.8) is 0 Å². The third kappa shape index (κ3) is 4.96. The number of aromatic nitrogens is 3. The van der Waals surface area contributed by atoms with Crippen molar-refractivity contribution in [3.05, 3.63) is 52.9 Å². The van der Waals surface area contributed by atoms with Gasteiger partial charge in [-0.15, -0.1) is 11.3 Å². The summed E-state index contributed by atoms with van der Waals surface area (Å²) in [6, 6.07) is 7.67. The average Bonchev–Trinajstić information content (AvgIpc) is 3.24. The third-order valence-corrected chi connectivity index (χ3v) is 7.70. The molecule has 2 heterocycles. The number of hydrogen-bond acceptors (Lipinski definition) is 8. The molecule has 4 N–H and O–H groups in total. The van der Waals surface area contributed by atoms with Crippen LogP contribution < -0.4 is 5.32 Å². The molecule has 4 rings (SSSR count). The van der Waals surface area contributed by atoms with Crippen LogP contribution in [0.2, 0.25) is 0 Å². The highest BCUT2D eigenvalue weighted by atomic mass is 32.1. The zero-order valence-electron chi connectivity index (χ0n) is 19.7. The van der Waals surface area contributed by atoms with E-state index < -0.39 is 29.0 Å². The van der Waals surface area contributed by atoms with Gasteiger partial charge in [-0.3, -0.25) is 4.79 Å². The summed E-state index contributed by atoms with van der Waals surface area (Å²) in [5.41, 5.74) is 1.63. The van der Waals surface area contributed by atoms with Crippen LogP contribution in [0.1, 0.15) is 62.4 Å². The van der Waals surface area contributed by atoms with E-state index in [1.165, 1.54) is 11.3 Å². The SMILES string of the molecule is Cc1cc(Nc2nccc([C@H](C)O)n2)cc(-c2cnc([C@@]3(O)CC[C@H](C(=O)O)C(C)(C)C3)s2)c1. The van der Waals surface area contributed by atoms with E-state index in [1.54, 1.807) is 25.4 Å². The molecule has 0 bridgehead atoms. The first-order valence-electron chi connectivity index (χ1n) is 11.3. The van der Waals surface area contributed by atoms with Crippen LogP contribution in [0.4, 0.5) is 11.6 Å². The van der Waals surface area contributed by atoms with Crippen molar-refractivity contribution in [1.29, 1.82) is 0 Å². The summed E-state index contributed by atoms with van der Waals surface area (Å²) >= 11 is 1.43. The number of nitrogens with zero attached hydrogens (tertiary/aromatic N) is 3. The highest BCUT2D eigenvalue weighted by Crippen LogP contribution is 2.50. The summed E-state index contributed by atoms with van der Waals surface area (Å²) in [6.45, 7) is 7.45. The van der Waals surface area contributed by atoms with Crippen molar-refractivity contribution in [2.24, 2.45) is 11.3 Å². The maximum atomic E-state index is 11.6. The molecule has 1 saturated carbocycles. The second-order valence-corrected chi connectivity index (χ2v) is 10.9. The molecule has 8 nitrogen and oxygen atoms in total. The van der Waals surface area contributed by atoms with Crippen molar-refractivity contribution >= 4 is 28.9 Å². The Morgan fingerprint density at radius 3 is 2.71 bits per heavy atom. The Kier molecular flexibility index (Phi) is 6.46. The van der Waals surface area contributed by atoms with Gasteiger partial charge in [-0.05, 0) is 67.9 Å². The van der Waals surface area contributed by atoms with Crippen LogP contribution >= 0.6 is 11.3 Å². The first-order chi connectivity index (χ1) is 16.0. The quantitative estimate of drug-likeness (QED) is 0.394. The first-order valence-corrected chi connectivity index (χ1v) is 12.1. The topological polar surface area (TPSA) is 128 Å². The van der Waals surface area contributed by atoms with Gasteiger partial charge in [-0.2, -0.15) is 0 Å². The van der Waals surface area contributed by atoms with Crippen LogP contribution in [0.15, 0.2) is 36.7 Å². The van der Waals surface area contributed by atoms with E-state index in [-0.39, 0.29) is 0 Å². The van der Waals surface area contributed by atoms with Gasteiger partial charge in [-0.1, -0.05) is 19.9 Å². The van der Waals surface area contributed by atoms with Crippen molar-refractivity contribution in [2.45, 2.75) is 58.7 Å². The van der Waals surface area contributed by atoms with E-state index in [1.807, 2.05) is 39.0 Å². The molecular weight excluding hydrogens is 452 g/mol. The summed E-state index contributed by atoms with van der Waals surface area (Å²) in [6.07, 6.45) is 3.81. The predicted octanol–water partition coefficient (Wildman–Crippen LogP) is 4.80. The van der Waals surface area contributed by atoms with Crippen LogP contribution in [-0.4, -0.2) is 36.2 Å². The number of thiazole rings is 1. The molecular formula is C25H30N4O4S. The van der Waals surface area contributed by atoms with Gasteiger partial charge in [0.25, 0.3) is 0 Å². The Hall–Kier alpha value is -2.88. The maximum Gasteiger partial charge on any atom is 0.307 e. The largest absolute Gasteiger partial charge is 0.481 e. The zero-order chi connectivity index (χ0) is 24.7. The summed E-state index contributed by atoms with van der Waals surface area (Å²) in [4.78, 5) is 25.7. The van der Waals surface area contributed by atoms with Gasteiger partial charge in [0.1, 0.15) is 10.6 Å². The molecule has 0 amide bonds. The predicted molar refractivity (Wildman–Crippen MR) is 131 cm³/mol. The van der Waals surface area contributed by atoms with Gasteiger partial charge < -0.3 is 20.6 Å². The highest BCUT2D eigenvalue weighted by Gasteiger charge is 2.49. The van der Waals surface area contributed by atoms with Gasteiger partial charge in [0.15, 0.2) is 0 Å². The van der Waals surface area contributed by atoms with E-state index in [0.717, 1.165) is 21.7 Å². The number of rotatable bonds is 6. The van der Waals surface area contributed by atoms with E-state index >= 15 is 0 Å². The normalized spacial score (nSPS) is 22.8. The van der Waals surface area contributed by atoms with Crippen LogP contribution in [0.3, 0.4) is 0 Å². The van der Waals surface area contributed by atoms with Crippen LogP contribution in [-0.2, 0) is 10.4 Å². The van der Waals surface area contributed by atoms with Crippen molar-refractivity contribution in [3.8, 4) is 10.4 Å². The lowest BCUT2D eigenvalue weighted by molar-refractivity contribution is -0.154. The van der Waals surface area contributed by atoms with Crippen molar-refractivity contribution in [1.82, 2.24) is 15.0 Å². The summed E-state index contributed by atoms with van der Waals surface area (Å²) in [5, 5.41) is 34.6. The molecule has 0 aliphatic heterocycles. The molecule has 0 saturated heterocycles. The van der Waals surface area contributed by atoms with Gasteiger partial charge in [-0.25, -0.2) is 15.0 Å². The van der Waals surface area contributed by atoms with E-state index in [0.29, 0.717) is 35.9 Å². The number of anilines is 2. The number of aliphatic hydroxyl groups is 2. The molecule has 34 heavy (non-hydrogen) atoms. The van der Waals surface area contributed by atoms with E-state index in [4.69, 9.17) is 0 Å². The van der Waals surface area contributed by atoms with Crippen LogP contribution in [0.25, 0.3) is 10.4 Å². The average molecular weight is 483 g/mol. The molecule has 0 unspecified atom stereocenters. The Bertz CT molecular complexity index is 1210. The molecule has 180 valence electrons. The Morgan fingerprint density at radius 1 is 1.26 bits per heavy atom. The number of aliphatic hydroxyl groups excluding tert-OH is 1. The lowest BCUT2D eigenvalue weighted by Gasteiger charge is -2.44. The summed E-state index contributed by atoms with van der Waals surface area (Å²) in [7, 11) is 0. The number of benzene rings is 1. The highest BCUT2D eigenvalue weighted by molar-refractivity contribution is 7.15. The fraction of sp³-hybridized carbons (Fsp3) is 0.440. The minimum absolute atomic E-state index is 0.349. The Labute approximate surface area is 202 Å². The van der Waals surface area contributed by atoms with Crippen molar-refractivity contribution < 1.29 is 20.1 Å². The summed E-state index contributed by atoms with van der Waals surface area (Å²) in [5.74, 6) is -0.895. The first kappa shape index (κ1) is 24.3. The number of hydrogen-bond donors (Lipinski definition) is 4. The number of carboxylic acid groups (broad SMARTS) is 1. The number of aryl methyl sites for hydroxylation is 1. The Morgan fingerprint density at radius 2 is 2.03 bits per heavy atom. The number of carboxylic acids is 1. The maximum absolute atomic E-state index is 11.6.